The van der Waals surface area contributed by atoms with Crippen LogP contribution in [0.3, 0.4) is 0 Å². The predicted octanol–water partition coefficient (Wildman–Crippen LogP) is 5.53. The van der Waals surface area contributed by atoms with Gasteiger partial charge in [-0.25, -0.2) is 8.42 Å². The highest BCUT2D eigenvalue weighted by atomic mass is 35.5. The van der Waals surface area contributed by atoms with E-state index in [1.807, 2.05) is 6.92 Å². The van der Waals surface area contributed by atoms with Crippen LogP contribution in [0.1, 0.15) is 32.3 Å². The number of hydrogen-bond donors (Lipinski definition) is 1. The number of anilines is 1. The van der Waals surface area contributed by atoms with Crippen LogP contribution in [0.5, 0.6) is 5.75 Å². The molecule has 0 heterocycles. The lowest BCUT2D eigenvalue weighted by atomic mass is 10.1. The lowest BCUT2D eigenvalue weighted by Crippen LogP contribution is -2.52. The first-order chi connectivity index (χ1) is 19.1. The van der Waals surface area contributed by atoms with Crippen LogP contribution >= 0.6 is 23.2 Å². The summed E-state index contributed by atoms with van der Waals surface area (Å²) in [4.78, 5) is 28.5. The number of rotatable bonds is 13. The molecule has 2 amide bonds. The molecule has 1 N–H and O–H groups in total. The van der Waals surface area contributed by atoms with Crippen molar-refractivity contribution in [1.82, 2.24) is 10.2 Å². The fraction of sp³-hybridized carbons (Fsp3) is 0.310. The number of ether oxygens (including phenoxy) is 1. The van der Waals surface area contributed by atoms with Gasteiger partial charge in [0.25, 0.3) is 10.0 Å². The van der Waals surface area contributed by atoms with Crippen molar-refractivity contribution < 1.29 is 22.7 Å². The summed E-state index contributed by atoms with van der Waals surface area (Å²) in [6, 6.07) is 18.4. The zero-order valence-electron chi connectivity index (χ0n) is 22.6. The molecule has 1 atom stereocenters. The molecule has 214 valence electrons. The Morgan fingerprint density at radius 3 is 2.20 bits per heavy atom. The van der Waals surface area contributed by atoms with Crippen molar-refractivity contribution >= 4 is 50.7 Å². The van der Waals surface area contributed by atoms with Crippen LogP contribution in [-0.4, -0.2) is 51.4 Å². The van der Waals surface area contributed by atoms with Crippen LogP contribution in [0.25, 0.3) is 0 Å². The first-order valence-corrected chi connectivity index (χ1v) is 15.0. The number of amides is 2. The van der Waals surface area contributed by atoms with Crippen LogP contribution in [0.4, 0.5) is 5.69 Å². The molecule has 0 fully saturated rings. The SMILES string of the molecule is CCCNC(=O)C(CC)N(Cc1ccc(Cl)c(Cl)c1)C(=O)CN(c1ccccc1)S(=O)(=O)c1ccc(OC)cc1. The van der Waals surface area contributed by atoms with Gasteiger partial charge in [-0.3, -0.25) is 13.9 Å². The summed E-state index contributed by atoms with van der Waals surface area (Å²) in [5, 5.41) is 3.52. The number of methoxy groups -OCH3 is 1. The second-order valence-electron chi connectivity index (χ2n) is 9.01. The van der Waals surface area contributed by atoms with Crippen LogP contribution in [0.2, 0.25) is 10.0 Å². The Morgan fingerprint density at radius 2 is 1.62 bits per heavy atom. The minimum atomic E-state index is -4.17. The van der Waals surface area contributed by atoms with Gasteiger partial charge >= 0.3 is 0 Å². The summed E-state index contributed by atoms with van der Waals surface area (Å²) in [5.74, 6) is -0.370. The smallest absolute Gasteiger partial charge is 0.264 e. The van der Waals surface area contributed by atoms with Crippen LogP contribution < -0.4 is 14.4 Å². The number of nitrogens with one attached hydrogen (secondary N) is 1. The van der Waals surface area contributed by atoms with E-state index >= 15 is 0 Å². The van der Waals surface area contributed by atoms with E-state index < -0.39 is 28.5 Å². The third-order valence-corrected chi connectivity index (χ3v) is 8.77. The van der Waals surface area contributed by atoms with Gasteiger partial charge in [-0.1, -0.05) is 61.3 Å². The standard InChI is InChI=1S/C29H33Cl2N3O5S/c1-4-17-32-29(36)27(5-2)33(19-21-11-16-25(30)26(31)18-21)28(35)20-34(22-9-7-6-8-10-22)40(37,38)24-14-12-23(39-3)13-15-24/h6-16,18,27H,4-5,17,19-20H2,1-3H3,(H,32,36). The molecule has 40 heavy (non-hydrogen) atoms. The molecule has 3 aromatic rings. The number of halogens is 2. The van der Waals surface area contributed by atoms with Crippen LogP contribution in [0.15, 0.2) is 77.7 Å². The second-order valence-corrected chi connectivity index (χ2v) is 11.7. The summed E-state index contributed by atoms with van der Waals surface area (Å²) in [6.07, 6.45) is 1.05. The van der Waals surface area contributed by atoms with Crippen molar-refractivity contribution in [1.29, 1.82) is 0 Å². The van der Waals surface area contributed by atoms with E-state index in [-0.39, 0.29) is 17.3 Å². The van der Waals surface area contributed by atoms with E-state index in [0.717, 1.165) is 10.7 Å². The molecule has 0 bridgehead atoms. The third-order valence-electron chi connectivity index (χ3n) is 6.24. The van der Waals surface area contributed by atoms with E-state index in [1.54, 1.807) is 67.6 Å². The summed E-state index contributed by atoms with van der Waals surface area (Å²) >= 11 is 12.3. The normalized spacial score (nSPS) is 11.9. The first-order valence-electron chi connectivity index (χ1n) is 12.8. The quantitative estimate of drug-likeness (QED) is 0.276. The van der Waals surface area contributed by atoms with Gasteiger partial charge in [0.05, 0.1) is 27.7 Å². The van der Waals surface area contributed by atoms with E-state index in [0.29, 0.717) is 40.0 Å². The topological polar surface area (TPSA) is 96.0 Å². The second kappa shape index (κ2) is 14.4. The van der Waals surface area contributed by atoms with Gasteiger partial charge in [0, 0.05) is 13.1 Å². The monoisotopic (exact) mass is 605 g/mol. The first kappa shape index (κ1) is 31.3. The number of para-hydroxylation sites is 1. The average Bonchev–Trinajstić information content (AvgIpc) is 2.96. The molecule has 0 aliphatic rings. The third kappa shape index (κ3) is 7.68. The highest BCUT2D eigenvalue weighted by Gasteiger charge is 2.33. The van der Waals surface area contributed by atoms with Gasteiger partial charge in [0.15, 0.2) is 0 Å². The Balaban J connectivity index is 2.03. The van der Waals surface area contributed by atoms with Gasteiger partial charge in [-0.05, 0) is 66.9 Å². The Kier molecular flexibility index (Phi) is 11.2. The van der Waals surface area contributed by atoms with E-state index in [1.165, 1.54) is 24.1 Å². The Morgan fingerprint density at radius 1 is 0.950 bits per heavy atom. The summed E-state index contributed by atoms with van der Waals surface area (Å²) in [5.41, 5.74) is 0.957. The maximum absolute atomic E-state index is 14.0. The molecule has 0 aliphatic heterocycles. The molecular formula is C29H33Cl2N3O5S. The van der Waals surface area contributed by atoms with E-state index in [9.17, 15) is 18.0 Å². The fourth-order valence-corrected chi connectivity index (χ4v) is 5.85. The highest BCUT2D eigenvalue weighted by molar-refractivity contribution is 7.92. The maximum Gasteiger partial charge on any atom is 0.264 e. The zero-order chi connectivity index (χ0) is 29.3. The minimum absolute atomic E-state index is 0.00582. The van der Waals surface area contributed by atoms with E-state index in [4.69, 9.17) is 27.9 Å². The van der Waals surface area contributed by atoms with Gasteiger partial charge < -0.3 is 15.0 Å². The van der Waals surface area contributed by atoms with Gasteiger partial charge in [0.2, 0.25) is 11.8 Å². The Labute approximate surface area is 245 Å². The van der Waals surface area contributed by atoms with Crippen molar-refractivity contribution in [2.75, 3.05) is 24.5 Å². The van der Waals surface area contributed by atoms with Crippen molar-refractivity contribution in [3.8, 4) is 5.75 Å². The molecule has 0 spiro atoms. The van der Waals surface area contributed by atoms with Crippen molar-refractivity contribution in [2.45, 2.75) is 44.2 Å². The Hall–Kier alpha value is -3.27. The molecular weight excluding hydrogens is 573 g/mol. The molecule has 0 saturated carbocycles. The number of nitrogens with zero attached hydrogens (tertiary/aromatic N) is 2. The molecule has 11 heteroatoms. The lowest BCUT2D eigenvalue weighted by molar-refractivity contribution is -0.140. The average molecular weight is 607 g/mol. The number of carbonyl (C=O) groups excluding carboxylic acids is 2. The summed E-state index contributed by atoms with van der Waals surface area (Å²) in [7, 11) is -2.68. The van der Waals surface area contributed by atoms with Crippen LogP contribution in [-0.2, 0) is 26.2 Å². The molecule has 0 saturated heterocycles. The maximum atomic E-state index is 14.0. The number of benzene rings is 3. The molecule has 3 aromatic carbocycles. The van der Waals surface area contributed by atoms with Crippen LogP contribution in [0, 0.1) is 0 Å². The molecule has 0 aromatic heterocycles. The number of carbonyl (C=O) groups is 2. The molecule has 0 aliphatic carbocycles. The molecule has 3 rings (SSSR count). The number of hydrogen-bond acceptors (Lipinski definition) is 5. The summed E-state index contributed by atoms with van der Waals surface area (Å²) < 4.78 is 33.9. The minimum Gasteiger partial charge on any atom is -0.497 e. The lowest BCUT2D eigenvalue weighted by Gasteiger charge is -2.33. The molecule has 0 radical (unpaired) electrons. The van der Waals surface area contributed by atoms with Gasteiger partial charge in [-0.15, -0.1) is 0 Å². The van der Waals surface area contributed by atoms with Gasteiger partial charge in [0.1, 0.15) is 18.3 Å². The fourth-order valence-electron chi connectivity index (χ4n) is 4.12. The van der Waals surface area contributed by atoms with E-state index in [2.05, 4.69) is 5.32 Å². The largest absolute Gasteiger partial charge is 0.497 e. The predicted molar refractivity (Wildman–Crippen MR) is 158 cm³/mol. The van der Waals surface area contributed by atoms with Crippen molar-refractivity contribution in [2.24, 2.45) is 0 Å². The number of sulfonamides is 1. The highest BCUT2D eigenvalue weighted by Crippen LogP contribution is 2.27. The molecule has 8 nitrogen and oxygen atoms in total. The van der Waals surface area contributed by atoms with Crippen molar-refractivity contribution in [3.63, 3.8) is 0 Å². The van der Waals surface area contributed by atoms with Crippen molar-refractivity contribution in [3.05, 3.63) is 88.4 Å². The Bertz CT molecular complexity index is 1400. The zero-order valence-corrected chi connectivity index (χ0v) is 25.0. The summed E-state index contributed by atoms with van der Waals surface area (Å²) in [6.45, 7) is 3.68. The van der Waals surface area contributed by atoms with Gasteiger partial charge in [-0.2, -0.15) is 0 Å². The molecule has 1 unspecified atom stereocenters.